The largest absolute Gasteiger partial charge is 0.375 e. The average molecular weight is 183 g/mol. The van der Waals surface area contributed by atoms with E-state index in [0.717, 1.165) is 12.2 Å². The molecular formula is C9H17N3O. The zero-order chi connectivity index (χ0) is 9.68. The second kappa shape index (κ2) is 4.99. The van der Waals surface area contributed by atoms with Gasteiger partial charge in [-0.2, -0.15) is 5.10 Å². The van der Waals surface area contributed by atoms with Crippen molar-refractivity contribution in [2.45, 2.75) is 26.5 Å². The molecule has 1 atom stereocenters. The minimum atomic E-state index is 0.0728. The second-order valence-corrected chi connectivity index (χ2v) is 2.97. The van der Waals surface area contributed by atoms with Gasteiger partial charge in [0.05, 0.1) is 12.6 Å². The van der Waals surface area contributed by atoms with Crippen LogP contribution in [-0.4, -0.2) is 29.0 Å². The van der Waals surface area contributed by atoms with Crippen LogP contribution in [0.4, 0.5) is 0 Å². The van der Waals surface area contributed by atoms with Gasteiger partial charge in [0.25, 0.3) is 0 Å². The van der Waals surface area contributed by atoms with Gasteiger partial charge in [-0.05, 0) is 19.9 Å². The molecule has 0 aliphatic carbocycles. The number of hydrogen-bond acceptors (Lipinski definition) is 3. The maximum atomic E-state index is 5.56. The number of nitrogens with zero attached hydrogens (tertiary/aromatic N) is 2. The van der Waals surface area contributed by atoms with Crippen LogP contribution in [0.1, 0.15) is 12.6 Å². The first kappa shape index (κ1) is 10.2. The van der Waals surface area contributed by atoms with E-state index in [4.69, 9.17) is 10.5 Å². The first-order chi connectivity index (χ1) is 6.27. The van der Waals surface area contributed by atoms with Gasteiger partial charge in [-0.25, -0.2) is 0 Å². The summed E-state index contributed by atoms with van der Waals surface area (Å²) in [6, 6.07) is 1.97. The third-order valence-electron chi connectivity index (χ3n) is 1.97. The summed E-state index contributed by atoms with van der Waals surface area (Å²) >= 11 is 0. The van der Waals surface area contributed by atoms with Crippen LogP contribution in [-0.2, 0) is 11.3 Å². The number of aromatic nitrogens is 2. The average Bonchev–Trinajstić information content (AvgIpc) is 2.51. The molecule has 4 nitrogen and oxygen atoms in total. The third kappa shape index (κ3) is 2.82. The number of ether oxygens (including phenoxy) is 1. The van der Waals surface area contributed by atoms with Gasteiger partial charge >= 0.3 is 0 Å². The van der Waals surface area contributed by atoms with E-state index in [1.54, 1.807) is 6.20 Å². The van der Waals surface area contributed by atoms with Gasteiger partial charge in [0.15, 0.2) is 0 Å². The highest BCUT2D eigenvalue weighted by Crippen LogP contribution is 2.00. The van der Waals surface area contributed by atoms with E-state index < -0.39 is 0 Å². The Labute approximate surface area is 78.7 Å². The van der Waals surface area contributed by atoms with Gasteiger partial charge in [0.2, 0.25) is 0 Å². The molecule has 1 aromatic rings. The summed E-state index contributed by atoms with van der Waals surface area (Å²) < 4.78 is 7.34. The van der Waals surface area contributed by atoms with Gasteiger partial charge < -0.3 is 10.5 Å². The molecule has 1 rings (SSSR count). The zero-order valence-corrected chi connectivity index (χ0v) is 8.23. The lowest BCUT2D eigenvalue weighted by atomic mass is 10.3. The fourth-order valence-corrected chi connectivity index (χ4v) is 1.21. The normalized spacial score (nSPS) is 13.2. The number of rotatable bonds is 5. The minimum Gasteiger partial charge on any atom is -0.375 e. The Morgan fingerprint density at radius 3 is 2.92 bits per heavy atom. The van der Waals surface area contributed by atoms with Crippen LogP contribution < -0.4 is 5.73 Å². The first-order valence-electron chi connectivity index (χ1n) is 4.58. The fourth-order valence-electron chi connectivity index (χ4n) is 1.21. The SMILES string of the molecule is CCOC(CN)Cn1nccc1C. The molecule has 1 unspecified atom stereocenters. The van der Waals surface area contributed by atoms with Crippen molar-refractivity contribution in [2.24, 2.45) is 5.73 Å². The Hall–Kier alpha value is -0.870. The van der Waals surface area contributed by atoms with E-state index in [0.29, 0.717) is 13.2 Å². The molecule has 0 spiro atoms. The maximum absolute atomic E-state index is 5.56. The summed E-state index contributed by atoms with van der Waals surface area (Å²) in [5.74, 6) is 0. The Kier molecular flexibility index (Phi) is 3.92. The van der Waals surface area contributed by atoms with Crippen molar-refractivity contribution in [3.63, 3.8) is 0 Å². The lowest BCUT2D eigenvalue weighted by molar-refractivity contribution is 0.0538. The van der Waals surface area contributed by atoms with Gasteiger partial charge in [0, 0.05) is 25.0 Å². The lowest BCUT2D eigenvalue weighted by Gasteiger charge is -2.15. The summed E-state index contributed by atoms with van der Waals surface area (Å²) in [4.78, 5) is 0. The summed E-state index contributed by atoms with van der Waals surface area (Å²) in [6.45, 7) is 5.96. The standard InChI is InChI=1S/C9H17N3O/c1-3-13-9(6-10)7-12-8(2)4-5-11-12/h4-5,9H,3,6-7,10H2,1-2H3. The highest BCUT2D eigenvalue weighted by Gasteiger charge is 2.08. The maximum Gasteiger partial charge on any atom is 0.0892 e. The van der Waals surface area contributed by atoms with E-state index in [2.05, 4.69) is 5.10 Å². The monoisotopic (exact) mass is 183 g/mol. The molecule has 0 aromatic carbocycles. The molecule has 0 amide bonds. The molecule has 0 saturated heterocycles. The Balaban J connectivity index is 2.51. The van der Waals surface area contributed by atoms with E-state index in [1.807, 2.05) is 24.6 Å². The van der Waals surface area contributed by atoms with Gasteiger partial charge in [-0.3, -0.25) is 4.68 Å². The van der Waals surface area contributed by atoms with Crippen molar-refractivity contribution in [3.8, 4) is 0 Å². The molecule has 1 aromatic heterocycles. The van der Waals surface area contributed by atoms with E-state index in [1.165, 1.54) is 0 Å². The van der Waals surface area contributed by atoms with Crippen LogP contribution in [0.5, 0.6) is 0 Å². The molecule has 13 heavy (non-hydrogen) atoms. The van der Waals surface area contributed by atoms with Gasteiger partial charge in [-0.15, -0.1) is 0 Å². The molecule has 0 bridgehead atoms. The van der Waals surface area contributed by atoms with Crippen LogP contribution in [0.15, 0.2) is 12.3 Å². The predicted octanol–water partition coefficient (Wildman–Crippen LogP) is 0.555. The Morgan fingerprint density at radius 1 is 1.69 bits per heavy atom. The minimum absolute atomic E-state index is 0.0728. The van der Waals surface area contributed by atoms with Crippen LogP contribution in [0.2, 0.25) is 0 Å². The van der Waals surface area contributed by atoms with Crippen molar-refractivity contribution in [1.29, 1.82) is 0 Å². The van der Waals surface area contributed by atoms with E-state index in [-0.39, 0.29) is 6.10 Å². The van der Waals surface area contributed by atoms with Crippen molar-refractivity contribution in [3.05, 3.63) is 18.0 Å². The zero-order valence-electron chi connectivity index (χ0n) is 8.23. The Bertz CT molecular complexity index is 247. The number of aryl methyl sites for hydroxylation is 1. The third-order valence-corrected chi connectivity index (χ3v) is 1.97. The molecule has 1 heterocycles. The fraction of sp³-hybridized carbons (Fsp3) is 0.667. The molecule has 74 valence electrons. The Morgan fingerprint density at radius 2 is 2.46 bits per heavy atom. The molecule has 0 fully saturated rings. The van der Waals surface area contributed by atoms with Crippen LogP contribution in [0, 0.1) is 6.92 Å². The number of nitrogens with two attached hydrogens (primary N) is 1. The second-order valence-electron chi connectivity index (χ2n) is 2.97. The van der Waals surface area contributed by atoms with Crippen molar-refractivity contribution in [1.82, 2.24) is 9.78 Å². The van der Waals surface area contributed by atoms with Gasteiger partial charge in [-0.1, -0.05) is 0 Å². The summed E-state index contributed by atoms with van der Waals surface area (Å²) in [5.41, 5.74) is 6.70. The molecule has 0 aliphatic rings. The summed E-state index contributed by atoms with van der Waals surface area (Å²) in [5, 5.41) is 4.17. The van der Waals surface area contributed by atoms with Crippen molar-refractivity contribution >= 4 is 0 Å². The quantitative estimate of drug-likeness (QED) is 0.725. The van der Waals surface area contributed by atoms with Crippen LogP contribution >= 0.6 is 0 Å². The summed E-state index contributed by atoms with van der Waals surface area (Å²) in [6.07, 6.45) is 1.86. The topological polar surface area (TPSA) is 53.1 Å². The highest BCUT2D eigenvalue weighted by atomic mass is 16.5. The van der Waals surface area contributed by atoms with Crippen molar-refractivity contribution in [2.75, 3.05) is 13.2 Å². The van der Waals surface area contributed by atoms with E-state index in [9.17, 15) is 0 Å². The lowest BCUT2D eigenvalue weighted by Crippen LogP contribution is -2.29. The molecular weight excluding hydrogens is 166 g/mol. The molecule has 0 saturated carbocycles. The summed E-state index contributed by atoms with van der Waals surface area (Å²) in [7, 11) is 0. The predicted molar refractivity (Wildman–Crippen MR) is 51.4 cm³/mol. The number of hydrogen-bond donors (Lipinski definition) is 1. The van der Waals surface area contributed by atoms with E-state index >= 15 is 0 Å². The molecule has 0 radical (unpaired) electrons. The molecule has 0 aliphatic heterocycles. The molecule has 4 heteroatoms. The molecule has 2 N–H and O–H groups in total. The highest BCUT2D eigenvalue weighted by molar-refractivity contribution is 4.96. The van der Waals surface area contributed by atoms with Crippen LogP contribution in [0.25, 0.3) is 0 Å². The van der Waals surface area contributed by atoms with Crippen LogP contribution in [0.3, 0.4) is 0 Å². The smallest absolute Gasteiger partial charge is 0.0892 e. The van der Waals surface area contributed by atoms with Crippen molar-refractivity contribution < 1.29 is 4.74 Å². The first-order valence-corrected chi connectivity index (χ1v) is 4.58. The van der Waals surface area contributed by atoms with Gasteiger partial charge in [0.1, 0.15) is 0 Å².